The Kier molecular flexibility index (Phi) is 5.46. The summed E-state index contributed by atoms with van der Waals surface area (Å²) in [7, 11) is 0. The number of nitrogens with zero attached hydrogens (tertiary/aromatic N) is 3. The van der Waals surface area contributed by atoms with Crippen LogP contribution in [0.4, 0.5) is 0 Å². The van der Waals surface area contributed by atoms with Gasteiger partial charge in [-0.25, -0.2) is 9.97 Å². The number of para-hydroxylation sites is 2. The molecule has 192 valence electrons. The van der Waals surface area contributed by atoms with Gasteiger partial charge in [0.15, 0.2) is 5.82 Å². The highest BCUT2D eigenvalue weighted by molar-refractivity contribution is 6.09. The molecule has 0 aliphatic heterocycles. The zero-order valence-electron chi connectivity index (χ0n) is 22.3. The molecule has 8 aromatic rings. The fraction of sp³-hybridized carbons (Fsp3) is 0. The zero-order chi connectivity index (χ0) is 27.2. The lowest BCUT2D eigenvalue weighted by molar-refractivity contribution is 1.16. The third-order valence-corrected chi connectivity index (χ3v) is 7.80. The van der Waals surface area contributed by atoms with Crippen molar-refractivity contribution in [1.82, 2.24) is 14.5 Å². The van der Waals surface area contributed by atoms with Crippen molar-refractivity contribution in [2.24, 2.45) is 0 Å². The van der Waals surface area contributed by atoms with Gasteiger partial charge in [-0.2, -0.15) is 0 Å². The topological polar surface area (TPSA) is 30.7 Å². The largest absolute Gasteiger partial charge is 0.309 e. The van der Waals surface area contributed by atoms with Crippen LogP contribution in [0.3, 0.4) is 0 Å². The molecular formula is C38H25N3. The second-order valence-corrected chi connectivity index (χ2v) is 10.3. The van der Waals surface area contributed by atoms with E-state index >= 15 is 0 Å². The normalized spacial score (nSPS) is 11.4. The first-order valence-corrected chi connectivity index (χ1v) is 13.8. The van der Waals surface area contributed by atoms with Crippen LogP contribution in [-0.4, -0.2) is 14.5 Å². The molecule has 0 radical (unpaired) electrons. The zero-order valence-corrected chi connectivity index (χ0v) is 22.3. The summed E-state index contributed by atoms with van der Waals surface area (Å²) in [5, 5.41) is 4.92. The Morgan fingerprint density at radius 1 is 0.390 bits per heavy atom. The number of hydrogen-bond donors (Lipinski definition) is 0. The van der Waals surface area contributed by atoms with Crippen LogP contribution in [-0.2, 0) is 0 Å². The van der Waals surface area contributed by atoms with Crippen LogP contribution in [0, 0.1) is 0 Å². The quantitative estimate of drug-likeness (QED) is 0.230. The number of fused-ring (bicyclic) bond motifs is 4. The van der Waals surface area contributed by atoms with Crippen LogP contribution in [0.15, 0.2) is 152 Å². The maximum absolute atomic E-state index is 5.08. The van der Waals surface area contributed by atoms with Crippen molar-refractivity contribution >= 4 is 32.6 Å². The monoisotopic (exact) mass is 523 g/mol. The van der Waals surface area contributed by atoms with Crippen molar-refractivity contribution in [2.45, 2.75) is 0 Å². The molecule has 0 atom stereocenters. The van der Waals surface area contributed by atoms with Gasteiger partial charge in [0.2, 0.25) is 0 Å². The van der Waals surface area contributed by atoms with Gasteiger partial charge in [0.05, 0.1) is 22.4 Å². The van der Waals surface area contributed by atoms with Gasteiger partial charge in [-0.15, -0.1) is 0 Å². The summed E-state index contributed by atoms with van der Waals surface area (Å²) in [5.41, 5.74) is 8.45. The van der Waals surface area contributed by atoms with Gasteiger partial charge in [-0.3, -0.25) is 0 Å². The van der Waals surface area contributed by atoms with E-state index in [1.807, 2.05) is 18.2 Å². The van der Waals surface area contributed by atoms with Gasteiger partial charge < -0.3 is 4.57 Å². The minimum Gasteiger partial charge on any atom is -0.309 e. The maximum atomic E-state index is 5.08. The van der Waals surface area contributed by atoms with Crippen molar-refractivity contribution in [3.8, 4) is 39.6 Å². The van der Waals surface area contributed by atoms with E-state index in [9.17, 15) is 0 Å². The molecule has 6 aromatic carbocycles. The molecule has 0 fully saturated rings. The highest BCUT2D eigenvalue weighted by Gasteiger charge is 2.14. The smallest absolute Gasteiger partial charge is 0.160 e. The Hall–Kier alpha value is -5.54. The Balaban J connectivity index is 1.27. The van der Waals surface area contributed by atoms with Gasteiger partial charge in [0, 0.05) is 33.2 Å². The third-order valence-electron chi connectivity index (χ3n) is 7.80. The molecule has 2 aromatic heterocycles. The Bertz CT molecular complexity index is 2140. The summed E-state index contributed by atoms with van der Waals surface area (Å²) in [6, 6.07) is 53.1. The number of rotatable bonds is 4. The van der Waals surface area contributed by atoms with Crippen molar-refractivity contribution in [3.05, 3.63) is 152 Å². The van der Waals surface area contributed by atoms with Gasteiger partial charge >= 0.3 is 0 Å². The van der Waals surface area contributed by atoms with Crippen LogP contribution >= 0.6 is 0 Å². The van der Waals surface area contributed by atoms with Gasteiger partial charge in [-0.1, -0.05) is 103 Å². The van der Waals surface area contributed by atoms with Crippen LogP contribution in [0.25, 0.3) is 72.2 Å². The van der Waals surface area contributed by atoms with E-state index in [0.717, 1.165) is 33.8 Å². The van der Waals surface area contributed by atoms with Crippen molar-refractivity contribution in [1.29, 1.82) is 0 Å². The van der Waals surface area contributed by atoms with Crippen LogP contribution in [0.5, 0.6) is 0 Å². The van der Waals surface area contributed by atoms with E-state index in [1.54, 1.807) is 0 Å². The van der Waals surface area contributed by atoms with Crippen molar-refractivity contribution in [2.75, 3.05) is 0 Å². The molecule has 0 saturated carbocycles. The number of hydrogen-bond acceptors (Lipinski definition) is 2. The minimum absolute atomic E-state index is 0.711. The number of aromatic nitrogens is 3. The first kappa shape index (κ1) is 23.4. The first-order valence-electron chi connectivity index (χ1n) is 13.8. The van der Waals surface area contributed by atoms with E-state index in [-0.39, 0.29) is 0 Å². The van der Waals surface area contributed by atoms with E-state index in [4.69, 9.17) is 9.97 Å². The summed E-state index contributed by atoms with van der Waals surface area (Å²) in [5.74, 6) is 0.711. The molecule has 3 heteroatoms. The van der Waals surface area contributed by atoms with Crippen LogP contribution in [0.2, 0.25) is 0 Å². The summed E-state index contributed by atoms with van der Waals surface area (Å²) >= 11 is 0. The fourth-order valence-electron chi connectivity index (χ4n) is 5.79. The van der Waals surface area contributed by atoms with Crippen LogP contribution in [0.1, 0.15) is 0 Å². The molecule has 2 heterocycles. The van der Waals surface area contributed by atoms with Crippen molar-refractivity contribution < 1.29 is 0 Å². The van der Waals surface area contributed by atoms with Gasteiger partial charge in [-0.05, 0) is 59.3 Å². The molecule has 0 aliphatic carbocycles. The minimum atomic E-state index is 0.711. The SMILES string of the molecule is c1ccc(-c2cc(-c3ccc4ccccc4c3)nc(-c3ccc(-n4c5ccccc5c5ccccc54)cc3)n2)cc1. The van der Waals surface area contributed by atoms with E-state index in [1.165, 1.54) is 32.6 Å². The average molecular weight is 524 g/mol. The average Bonchev–Trinajstić information content (AvgIpc) is 3.39. The third kappa shape index (κ3) is 4.07. The fourth-order valence-corrected chi connectivity index (χ4v) is 5.79. The second kappa shape index (κ2) is 9.58. The molecule has 0 N–H and O–H groups in total. The highest BCUT2D eigenvalue weighted by Crippen LogP contribution is 2.33. The predicted octanol–water partition coefficient (Wildman–Crippen LogP) is 9.73. The molecule has 0 aliphatic rings. The lowest BCUT2D eigenvalue weighted by Crippen LogP contribution is -1.97. The molecule has 3 nitrogen and oxygen atoms in total. The molecule has 0 saturated heterocycles. The summed E-state index contributed by atoms with van der Waals surface area (Å²) < 4.78 is 2.33. The molecule has 8 rings (SSSR count). The molecule has 0 unspecified atom stereocenters. The molecule has 0 spiro atoms. The van der Waals surface area contributed by atoms with E-state index in [0.29, 0.717) is 5.82 Å². The predicted molar refractivity (Wildman–Crippen MR) is 170 cm³/mol. The molecule has 41 heavy (non-hydrogen) atoms. The summed E-state index contributed by atoms with van der Waals surface area (Å²) in [4.78, 5) is 10.1. The standard InChI is InChI=1S/C38H25N3/c1-2-11-27(12-3-1)34-25-35(30-19-18-26-10-4-5-13-29(26)24-30)40-38(39-34)28-20-22-31(23-21-28)41-36-16-8-6-14-32(36)33-15-7-9-17-37(33)41/h1-25H. The maximum Gasteiger partial charge on any atom is 0.160 e. The molecule has 0 amide bonds. The van der Waals surface area contributed by atoms with E-state index in [2.05, 4.69) is 138 Å². The van der Waals surface area contributed by atoms with Crippen molar-refractivity contribution in [3.63, 3.8) is 0 Å². The lowest BCUT2D eigenvalue weighted by atomic mass is 10.0. The Morgan fingerprint density at radius 2 is 0.951 bits per heavy atom. The molecular weight excluding hydrogens is 498 g/mol. The number of benzene rings is 6. The first-order chi connectivity index (χ1) is 20.3. The van der Waals surface area contributed by atoms with E-state index < -0.39 is 0 Å². The summed E-state index contributed by atoms with van der Waals surface area (Å²) in [6.45, 7) is 0. The molecule has 0 bridgehead atoms. The summed E-state index contributed by atoms with van der Waals surface area (Å²) in [6.07, 6.45) is 0. The lowest BCUT2D eigenvalue weighted by Gasteiger charge is -2.11. The van der Waals surface area contributed by atoms with Crippen LogP contribution < -0.4 is 0 Å². The second-order valence-electron chi connectivity index (χ2n) is 10.3. The Morgan fingerprint density at radius 3 is 1.66 bits per heavy atom. The highest BCUT2D eigenvalue weighted by atomic mass is 15.0. The van der Waals surface area contributed by atoms with Gasteiger partial charge in [0.1, 0.15) is 0 Å². The Labute approximate surface area is 238 Å². The van der Waals surface area contributed by atoms with Gasteiger partial charge in [0.25, 0.3) is 0 Å².